The van der Waals surface area contributed by atoms with Gasteiger partial charge in [0.15, 0.2) is 0 Å². The molecule has 1 aliphatic carbocycles. The number of hydrogen-bond donors (Lipinski definition) is 0. The minimum atomic E-state index is -0.460. The van der Waals surface area contributed by atoms with Crippen molar-refractivity contribution < 1.29 is 19.1 Å². The highest BCUT2D eigenvalue weighted by molar-refractivity contribution is 6.23. The van der Waals surface area contributed by atoms with E-state index in [1.54, 1.807) is 6.92 Å². The van der Waals surface area contributed by atoms with Crippen molar-refractivity contribution in [2.75, 3.05) is 14.2 Å². The summed E-state index contributed by atoms with van der Waals surface area (Å²) in [4.78, 5) is 25.4. The molecule has 0 aromatic rings. The van der Waals surface area contributed by atoms with Gasteiger partial charge in [0, 0.05) is 11.1 Å². The van der Waals surface area contributed by atoms with Crippen LogP contribution in [-0.2, 0) is 19.1 Å². The molecular weight excluding hydrogens is 304 g/mol. The van der Waals surface area contributed by atoms with Crippen LogP contribution in [0.4, 0.5) is 0 Å². The fourth-order valence-electron chi connectivity index (χ4n) is 3.22. The molecule has 0 atom stereocenters. The largest absolute Gasteiger partial charge is 0.489 e. The summed E-state index contributed by atoms with van der Waals surface area (Å²) in [6, 6.07) is 0. The molecule has 1 aliphatic rings. The van der Waals surface area contributed by atoms with E-state index in [-0.39, 0.29) is 23.1 Å². The number of hydrogen-bond acceptors (Lipinski definition) is 4. The van der Waals surface area contributed by atoms with Crippen molar-refractivity contribution in [3.05, 3.63) is 34.3 Å². The zero-order chi connectivity index (χ0) is 18.7. The highest BCUT2D eigenvalue weighted by atomic mass is 16.5. The minimum Gasteiger partial charge on any atom is -0.489 e. The second kappa shape index (κ2) is 7.82. The molecule has 0 aromatic carbocycles. The second-order valence-corrected chi connectivity index (χ2v) is 7.46. The number of allylic oxidation sites excluding steroid dienone is 4. The molecule has 0 bridgehead atoms. The summed E-state index contributed by atoms with van der Waals surface area (Å²) < 4.78 is 10.3. The van der Waals surface area contributed by atoms with Crippen molar-refractivity contribution in [2.24, 2.45) is 11.3 Å². The van der Waals surface area contributed by atoms with Gasteiger partial charge in [0.25, 0.3) is 0 Å². The minimum absolute atomic E-state index is 0.000873. The number of ketones is 2. The van der Waals surface area contributed by atoms with Gasteiger partial charge in [-0.05, 0) is 38.0 Å². The van der Waals surface area contributed by atoms with Crippen LogP contribution in [0.5, 0.6) is 0 Å². The van der Waals surface area contributed by atoms with Crippen molar-refractivity contribution in [1.82, 2.24) is 0 Å². The van der Waals surface area contributed by atoms with Gasteiger partial charge in [-0.1, -0.05) is 39.3 Å². The van der Waals surface area contributed by atoms with Crippen molar-refractivity contribution >= 4 is 11.6 Å². The standard InChI is InChI=1S/C20H30O4/c1-12(2)11-13(3)9-10-20(5,6)15-14(4)16(21)18(23-7)19(24-8)17(15)22/h9,12H,10-11H2,1-8H3/b13-9+. The zero-order valence-electron chi connectivity index (χ0n) is 16.2. The first kappa shape index (κ1) is 20.2. The Morgan fingerprint density at radius 1 is 1.08 bits per heavy atom. The lowest BCUT2D eigenvalue weighted by Crippen LogP contribution is -2.32. The lowest BCUT2D eigenvalue weighted by atomic mass is 9.73. The average Bonchev–Trinajstić information content (AvgIpc) is 2.48. The number of methoxy groups -OCH3 is 2. The SMILES string of the molecule is COC1=C(OC)C(=O)C(C(C)(C)C/C=C(\C)CC(C)C)=C(C)C1=O. The predicted octanol–water partition coefficient (Wildman–Crippen LogP) is 4.37. The Hall–Kier alpha value is -1.84. The van der Waals surface area contributed by atoms with Gasteiger partial charge in [0.05, 0.1) is 14.2 Å². The lowest BCUT2D eigenvalue weighted by Gasteiger charge is -2.31. The van der Waals surface area contributed by atoms with E-state index in [1.165, 1.54) is 19.8 Å². The molecule has 0 saturated heterocycles. The van der Waals surface area contributed by atoms with Crippen LogP contribution in [0, 0.1) is 11.3 Å². The van der Waals surface area contributed by atoms with E-state index in [0.717, 1.165) is 6.42 Å². The molecule has 0 amide bonds. The molecule has 134 valence electrons. The van der Waals surface area contributed by atoms with Gasteiger partial charge in [0.2, 0.25) is 23.1 Å². The van der Waals surface area contributed by atoms with Gasteiger partial charge >= 0.3 is 0 Å². The number of carbonyl (C=O) groups is 2. The van der Waals surface area contributed by atoms with Crippen molar-refractivity contribution in [3.8, 4) is 0 Å². The lowest BCUT2D eigenvalue weighted by molar-refractivity contribution is -0.121. The summed E-state index contributed by atoms with van der Waals surface area (Å²) in [7, 11) is 2.76. The Balaban J connectivity index is 3.21. The smallest absolute Gasteiger partial charge is 0.228 e. The van der Waals surface area contributed by atoms with Crippen LogP contribution >= 0.6 is 0 Å². The molecule has 0 fully saturated rings. The van der Waals surface area contributed by atoms with Crippen LogP contribution < -0.4 is 0 Å². The third-order valence-electron chi connectivity index (χ3n) is 4.34. The van der Waals surface area contributed by atoms with Gasteiger partial charge in [-0.3, -0.25) is 9.59 Å². The first-order valence-electron chi connectivity index (χ1n) is 8.35. The Labute approximate surface area is 145 Å². The van der Waals surface area contributed by atoms with Crippen LogP contribution in [0.3, 0.4) is 0 Å². The highest BCUT2D eigenvalue weighted by Gasteiger charge is 2.40. The van der Waals surface area contributed by atoms with E-state index >= 15 is 0 Å². The summed E-state index contributed by atoms with van der Waals surface area (Å²) in [6.45, 7) is 12.1. The molecule has 0 aliphatic heterocycles. The quantitative estimate of drug-likeness (QED) is 0.512. The fraction of sp³-hybridized carbons (Fsp3) is 0.600. The second-order valence-electron chi connectivity index (χ2n) is 7.46. The van der Waals surface area contributed by atoms with Crippen LogP contribution in [-0.4, -0.2) is 25.8 Å². The van der Waals surface area contributed by atoms with Gasteiger partial charge in [-0.15, -0.1) is 0 Å². The third-order valence-corrected chi connectivity index (χ3v) is 4.34. The molecule has 0 N–H and O–H groups in total. The van der Waals surface area contributed by atoms with E-state index in [9.17, 15) is 9.59 Å². The van der Waals surface area contributed by atoms with Gasteiger partial charge in [0.1, 0.15) is 0 Å². The average molecular weight is 334 g/mol. The first-order valence-corrected chi connectivity index (χ1v) is 8.35. The van der Waals surface area contributed by atoms with E-state index in [2.05, 4.69) is 26.8 Å². The third kappa shape index (κ3) is 4.16. The van der Waals surface area contributed by atoms with Crippen LogP contribution in [0.25, 0.3) is 0 Å². The van der Waals surface area contributed by atoms with Crippen molar-refractivity contribution in [3.63, 3.8) is 0 Å². The Morgan fingerprint density at radius 2 is 1.58 bits per heavy atom. The molecular formula is C20H30O4. The molecule has 0 aromatic heterocycles. The number of rotatable bonds is 7. The zero-order valence-corrected chi connectivity index (χ0v) is 16.2. The number of carbonyl (C=O) groups excluding carboxylic acids is 2. The van der Waals surface area contributed by atoms with E-state index < -0.39 is 5.41 Å². The van der Waals surface area contributed by atoms with Crippen molar-refractivity contribution in [1.29, 1.82) is 0 Å². The van der Waals surface area contributed by atoms with Crippen LogP contribution in [0.15, 0.2) is 34.3 Å². The van der Waals surface area contributed by atoms with E-state index in [1.807, 2.05) is 13.8 Å². The predicted molar refractivity (Wildman–Crippen MR) is 95.4 cm³/mol. The van der Waals surface area contributed by atoms with Crippen LogP contribution in [0.1, 0.15) is 54.4 Å². The van der Waals surface area contributed by atoms with E-state index in [4.69, 9.17) is 9.47 Å². The van der Waals surface area contributed by atoms with Gasteiger partial charge in [-0.25, -0.2) is 0 Å². The molecule has 4 heteroatoms. The summed E-state index contributed by atoms with van der Waals surface area (Å²) in [6.07, 6.45) is 3.88. The Kier molecular flexibility index (Phi) is 6.58. The molecule has 0 unspecified atom stereocenters. The number of ether oxygens (including phenoxy) is 2. The maximum atomic E-state index is 12.9. The highest BCUT2D eigenvalue weighted by Crippen LogP contribution is 2.39. The first-order chi connectivity index (χ1) is 11.1. The Morgan fingerprint density at radius 3 is 2.04 bits per heavy atom. The van der Waals surface area contributed by atoms with E-state index in [0.29, 0.717) is 23.5 Å². The van der Waals surface area contributed by atoms with Crippen LogP contribution in [0.2, 0.25) is 0 Å². The molecule has 4 nitrogen and oxygen atoms in total. The Bertz CT molecular complexity index is 616. The summed E-state index contributed by atoms with van der Waals surface area (Å²) in [5, 5.41) is 0. The van der Waals surface area contributed by atoms with Crippen molar-refractivity contribution in [2.45, 2.75) is 54.4 Å². The molecule has 24 heavy (non-hydrogen) atoms. The summed E-state index contributed by atoms with van der Waals surface area (Å²) in [5.74, 6) is 0.0481. The maximum absolute atomic E-state index is 12.9. The molecule has 0 spiro atoms. The number of Topliss-reactive ketones (excluding diaryl/α,β-unsaturated/α-hetero) is 2. The summed E-state index contributed by atoms with van der Waals surface area (Å²) >= 11 is 0. The molecule has 1 rings (SSSR count). The van der Waals surface area contributed by atoms with Gasteiger partial charge < -0.3 is 9.47 Å². The topological polar surface area (TPSA) is 52.6 Å². The molecule has 0 radical (unpaired) electrons. The fourth-order valence-corrected chi connectivity index (χ4v) is 3.22. The maximum Gasteiger partial charge on any atom is 0.228 e. The summed E-state index contributed by atoms with van der Waals surface area (Å²) in [5.41, 5.74) is 1.79. The molecule has 0 saturated carbocycles. The molecule has 0 heterocycles. The monoisotopic (exact) mass is 334 g/mol. The normalized spacial score (nSPS) is 17.1. The van der Waals surface area contributed by atoms with Gasteiger partial charge in [-0.2, -0.15) is 0 Å².